The molecule has 0 spiro atoms. The maximum absolute atomic E-state index is 11.3. The minimum absolute atomic E-state index is 0.164. The molecular weight excluding hydrogens is 378 g/mol. The Morgan fingerprint density at radius 2 is 1.93 bits per heavy atom. The topological polar surface area (TPSA) is 76.4 Å². The van der Waals surface area contributed by atoms with E-state index in [1.165, 1.54) is 0 Å². The highest BCUT2D eigenvalue weighted by atomic mass is 35.5. The van der Waals surface area contributed by atoms with E-state index in [4.69, 9.17) is 21.5 Å². The van der Waals surface area contributed by atoms with Crippen LogP contribution < -0.4 is 5.48 Å². The van der Waals surface area contributed by atoms with Gasteiger partial charge in [-0.1, -0.05) is 37.6 Å². The lowest BCUT2D eigenvalue weighted by atomic mass is 10.0. The molecule has 0 bridgehead atoms. The van der Waals surface area contributed by atoms with Crippen molar-refractivity contribution in [2.75, 3.05) is 6.61 Å². The highest BCUT2D eigenvalue weighted by Gasteiger charge is 2.15. The van der Waals surface area contributed by atoms with Crippen LogP contribution in [0.2, 0.25) is 5.02 Å². The Morgan fingerprint density at radius 3 is 2.39 bits per heavy atom. The van der Waals surface area contributed by atoms with Gasteiger partial charge in [-0.2, -0.15) is 5.10 Å². The summed E-state index contributed by atoms with van der Waals surface area (Å²) < 4.78 is 7.64. The fourth-order valence-corrected chi connectivity index (χ4v) is 2.52. The summed E-state index contributed by atoms with van der Waals surface area (Å²) in [6.45, 7) is 8.93. The maximum atomic E-state index is 11.3. The van der Waals surface area contributed by atoms with E-state index in [0.717, 1.165) is 18.4 Å². The molecule has 2 rings (SSSR count). The molecule has 0 aliphatic carbocycles. The van der Waals surface area contributed by atoms with Crippen molar-refractivity contribution in [2.24, 2.45) is 5.92 Å². The molecule has 1 atom stereocenters. The van der Waals surface area contributed by atoms with E-state index in [0.29, 0.717) is 23.6 Å². The number of ether oxygens (including phenoxy) is 1. The number of amides is 1. The lowest BCUT2D eigenvalue weighted by Gasteiger charge is -2.18. The Hall–Kier alpha value is -1.89. The molecule has 7 heteroatoms. The molecule has 0 fully saturated rings. The predicted molar refractivity (Wildman–Crippen MR) is 112 cm³/mol. The molecule has 1 aromatic carbocycles. The third kappa shape index (κ3) is 10.4. The third-order valence-corrected chi connectivity index (χ3v) is 4.18. The third-order valence-electron chi connectivity index (χ3n) is 3.93. The van der Waals surface area contributed by atoms with Crippen LogP contribution in [-0.2, 0) is 16.0 Å². The zero-order valence-corrected chi connectivity index (χ0v) is 17.9. The van der Waals surface area contributed by atoms with Crippen LogP contribution in [0.1, 0.15) is 52.1 Å². The first kappa shape index (κ1) is 24.1. The summed E-state index contributed by atoms with van der Waals surface area (Å²) in [7, 11) is 0. The SMILES string of the molecule is CC(C)COC(CCc1ccc(Cl)cc1)CC(=O)NO.CC(C)n1cccn1. The lowest BCUT2D eigenvalue weighted by molar-refractivity contribution is -0.132. The summed E-state index contributed by atoms with van der Waals surface area (Å²) in [5.41, 5.74) is 2.80. The van der Waals surface area contributed by atoms with Crippen LogP contribution in [0.3, 0.4) is 0 Å². The highest BCUT2D eigenvalue weighted by Crippen LogP contribution is 2.14. The maximum Gasteiger partial charge on any atom is 0.245 e. The number of halogens is 1. The Labute approximate surface area is 172 Å². The minimum Gasteiger partial charge on any atom is -0.377 e. The number of aryl methyl sites for hydroxylation is 1. The van der Waals surface area contributed by atoms with Gasteiger partial charge in [-0.15, -0.1) is 0 Å². The van der Waals surface area contributed by atoms with Gasteiger partial charge in [-0.05, 0) is 56.4 Å². The highest BCUT2D eigenvalue weighted by molar-refractivity contribution is 6.30. The molecule has 0 saturated carbocycles. The molecule has 1 heterocycles. The first-order valence-electron chi connectivity index (χ1n) is 9.59. The van der Waals surface area contributed by atoms with Gasteiger partial charge in [-0.3, -0.25) is 14.7 Å². The van der Waals surface area contributed by atoms with E-state index in [-0.39, 0.29) is 12.5 Å². The number of hydrogen-bond acceptors (Lipinski definition) is 4. The number of nitrogens with zero attached hydrogens (tertiary/aromatic N) is 2. The van der Waals surface area contributed by atoms with Gasteiger partial charge in [0.25, 0.3) is 0 Å². The average molecular weight is 410 g/mol. The molecule has 1 amide bonds. The van der Waals surface area contributed by atoms with E-state index >= 15 is 0 Å². The van der Waals surface area contributed by atoms with E-state index in [9.17, 15) is 4.79 Å². The largest absolute Gasteiger partial charge is 0.377 e. The van der Waals surface area contributed by atoms with Gasteiger partial charge >= 0.3 is 0 Å². The quantitative estimate of drug-likeness (QED) is 0.466. The molecule has 0 saturated heterocycles. The Morgan fingerprint density at radius 1 is 1.25 bits per heavy atom. The number of hydrogen-bond donors (Lipinski definition) is 2. The van der Waals surface area contributed by atoms with Crippen molar-refractivity contribution in [3.63, 3.8) is 0 Å². The van der Waals surface area contributed by atoms with E-state index < -0.39 is 5.91 Å². The zero-order valence-electron chi connectivity index (χ0n) is 17.1. The zero-order chi connectivity index (χ0) is 20.9. The molecule has 1 unspecified atom stereocenters. The minimum atomic E-state index is -0.421. The second kappa shape index (κ2) is 13.3. The molecular formula is C21H32ClN3O3. The molecule has 2 aromatic rings. The van der Waals surface area contributed by atoms with Crippen LogP contribution in [-0.4, -0.2) is 33.6 Å². The Bertz CT molecular complexity index is 658. The number of carbonyl (C=O) groups is 1. The summed E-state index contributed by atoms with van der Waals surface area (Å²) in [4.78, 5) is 11.3. The van der Waals surface area contributed by atoms with Crippen molar-refractivity contribution < 1.29 is 14.7 Å². The van der Waals surface area contributed by atoms with Crippen LogP contribution in [0.5, 0.6) is 0 Å². The van der Waals surface area contributed by atoms with Crippen molar-refractivity contribution in [3.8, 4) is 0 Å². The smallest absolute Gasteiger partial charge is 0.245 e. The van der Waals surface area contributed by atoms with Crippen LogP contribution >= 0.6 is 11.6 Å². The molecule has 2 N–H and O–H groups in total. The van der Waals surface area contributed by atoms with Crippen LogP contribution in [0.4, 0.5) is 0 Å². The van der Waals surface area contributed by atoms with Crippen LogP contribution in [0.25, 0.3) is 0 Å². The number of rotatable bonds is 9. The molecule has 156 valence electrons. The second-order valence-corrected chi connectivity index (χ2v) is 7.77. The van der Waals surface area contributed by atoms with Gasteiger partial charge in [0.15, 0.2) is 0 Å². The summed E-state index contributed by atoms with van der Waals surface area (Å²) in [6.07, 6.45) is 5.25. The van der Waals surface area contributed by atoms with E-state index in [1.807, 2.05) is 41.2 Å². The number of aromatic nitrogens is 2. The fourth-order valence-electron chi connectivity index (χ4n) is 2.39. The molecule has 6 nitrogen and oxygen atoms in total. The molecule has 0 radical (unpaired) electrons. The summed E-state index contributed by atoms with van der Waals surface area (Å²) >= 11 is 5.84. The van der Waals surface area contributed by atoms with Crippen LogP contribution in [0, 0.1) is 5.92 Å². The normalized spacial score (nSPS) is 11.9. The molecule has 1 aromatic heterocycles. The molecule has 0 aliphatic heterocycles. The number of carbonyl (C=O) groups excluding carboxylic acids is 1. The van der Waals surface area contributed by atoms with Gasteiger partial charge in [-0.25, -0.2) is 5.48 Å². The first-order valence-corrected chi connectivity index (χ1v) is 9.97. The van der Waals surface area contributed by atoms with Crippen molar-refractivity contribution >= 4 is 17.5 Å². The van der Waals surface area contributed by atoms with E-state index in [1.54, 1.807) is 11.7 Å². The standard InChI is InChI=1S/C15H22ClNO3.C6H10N2/c1-11(2)10-20-14(9-15(18)17-19)8-5-12-3-6-13(16)7-4-12;1-6(2)8-5-3-4-7-8/h3-4,6-7,11,14,19H,5,8-10H2,1-2H3,(H,17,18);3-6H,1-2H3. The van der Waals surface area contributed by atoms with Crippen molar-refractivity contribution in [2.45, 2.75) is 59.1 Å². The fraction of sp³-hybridized carbons (Fsp3) is 0.524. The average Bonchev–Trinajstić information content (AvgIpc) is 3.20. The van der Waals surface area contributed by atoms with Crippen molar-refractivity contribution in [1.82, 2.24) is 15.3 Å². The lowest BCUT2D eigenvalue weighted by Crippen LogP contribution is -2.27. The van der Waals surface area contributed by atoms with Crippen molar-refractivity contribution in [1.29, 1.82) is 0 Å². The summed E-state index contributed by atoms with van der Waals surface area (Å²) in [6, 6.07) is 10.1. The Balaban J connectivity index is 0.000000406. The number of benzene rings is 1. The van der Waals surface area contributed by atoms with Gasteiger partial charge in [0.2, 0.25) is 5.91 Å². The Kier molecular flexibility index (Phi) is 11.5. The van der Waals surface area contributed by atoms with E-state index in [2.05, 4.69) is 32.8 Å². The molecule has 28 heavy (non-hydrogen) atoms. The van der Waals surface area contributed by atoms with Crippen molar-refractivity contribution in [3.05, 3.63) is 53.3 Å². The van der Waals surface area contributed by atoms with Crippen LogP contribution in [0.15, 0.2) is 42.7 Å². The van der Waals surface area contributed by atoms with Gasteiger partial charge in [0, 0.05) is 30.1 Å². The summed E-state index contributed by atoms with van der Waals surface area (Å²) in [5, 5.41) is 13.3. The summed E-state index contributed by atoms with van der Waals surface area (Å²) in [5.74, 6) is -0.0138. The van der Waals surface area contributed by atoms with Gasteiger partial charge in [0.05, 0.1) is 12.5 Å². The first-order chi connectivity index (χ1) is 13.3. The predicted octanol–water partition coefficient (Wildman–Crippen LogP) is 4.67. The van der Waals surface area contributed by atoms with Gasteiger partial charge < -0.3 is 4.74 Å². The number of nitrogens with one attached hydrogen (secondary N) is 1. The number of hydroxylamine groups is 1. The molecule has 0 aliphatic rings. The monoisotopic (exact) mass is 409 g/mol. The van der Waals surface area contributed by atoms with Gasteiger partial charge in [0.1, 0.15) is 0 Å². The second-order valence-electron chi connectivity index (χ2n) is 7.33.